The van der Waals surface area contributed by atoms with E-state index in [0.717, 1.165) is 18.7 Å². The largest absolute Gasteiger partial charge is 0.433 e. The fourth-order valence-corrected chi connectivity index (χ4v) is 4.10. The van der Waals surface area contributed by atoms with E-state index in [4.69, 9.17) is 4.74 Å². The summed E-state index contributed by atoms with van der Waals surface area (Å²) in [6, 6.07) is 3.48. The minimum Gasteiger partial charge on any atom is -0.373 e. The Hall–Kier alpha value is -2.88. The Bertz CT molecular complexity index is 1020. The highest BCUT2D eigenvalue weighted by Gasteiger charge is 2.35. The first-order valence-corrected chi connectivity index (χ1v) is 10.7. The SMILES string of the molecule is CC[C@@H](NC(=O)c1cc(C(=O)N2CCC2C)n2c1COCC2)c1ccc(C(F)(F)F)nc1. The number of likely N-dealkylation sites (tertiary alicyclic amines) is 1. The molecule has 2 aromatic heterocycles. The van der Waals surface area contributed by atoms with Gasteiger partial charge in [-0.1, -0.05) is 13.0 Å². The molecule has 1 fully saturated rings. The molecule has 2 aliphatic heterocycles. The molecular weight excluding hydrogens is 425 g/mol. The van der Waals surface area contributed by atoms with E-state index in [1.807, 2.05) is 18.4 Å². The molecule has 0 aromatic carbocycles. The smallest absolute Gasteiger partial charge is 0.373 e. The molecule has 0 aliphatic carbocycles. The zero-order valence-corrected chi connectivity index (χ0v) is 17.9. The van der Waals surface area contributed by atoms with E-state index in [1.165, 1.54) is 6.07 Å². The highest BCUT2D eigenvalue weighted by Crippen LogP contribution is 2.29. The lowest BCUT2D eigenvalue weighted by Crippen LogP contribution is -2.50. The number of fused-ring (bicyclic) bond motifs is 1. The van der Waals surface area contributed by atoms with Crippen molar-refractivity contribution < 1.29 is 27.5 Å². The zero-order valence-electron chi connectivity index (χ0n) is 17.9. The first-order chi connectivity index (χ1) is 15.2. The number of aromatic nitrogens is 2. The second kappa shape index (κ2) is 8.57. The lowest BCUT2D eigenvalue weighted by atomic mass is 10.0. The maximum absolute atomic E-state index is 13.1. The van der Waals surface area contributed by atoms with Gasteiger partial charge < -0.3 is 19.5 Å². The average molecular weight is 450 g/mol. The third-order valence-electron chi connectivity index (χ3n) is 6.14. The minimum absolute atomic E-state index is 0.107. The van der Waals surface area contributed by atoms with Crippen LogP contribution < -0.4 is 5.32 Å². The number of nitrogens with zero attached hydrogens (tertiary/aromatic N) is 3. The van der Waals surface area contributed by atoms with Crippen LogP contribution in [0.15, 0.2) is 24.4 Å². The predicted molar refractivity (Wildman–Crippen MR) is 109 cm³/mol. The summed E-state index contributed by atoms with van der Waals surface area (Å²) in [6.45, 7) is 5.64. The van der Waals surface area contributed by atoms with E-state index >= 15 is 0 Å². The van der Waals surface area contributed by atoms with Crippen molar-refractivity contribution in [3.63, 3.8) is 0 Å². The fourth-order valence-electron chi connectivity index (χ4n) is 4.10. The lowest BCUT2D eigenvalue weighted by Gasteiger charge is -2.39. The van der Waals surface area contributed by atoms with Crippen molar-refractivity contribution in [3.8, 4) is 0 Å². The van der Waals surface area contributed by atoms with Crippen LogP contribution in [0.4, 0.5) is 13.2 Å². The minimum atomic E-state index is -4.52. The third-order valence-corrected chi connectivity index (χ3v) is 6.14. The van der Waals surface area contributed by atoms with Gasteiger partial charge in [-0.15, -0.1) is 0 Å². The summed E-state index contributed by atoms with van der Waals surface area (Å²) in [5.74, 6) is -0.508. The molecule has 2 amide bonds. The Morgan fingerprint density at radius 1 is 1.31 bits per heavy atom. The summed E-state index contributed by atoms with van der Waals surface area (Å²) >= 11 is 0. The van der Waals surface area contributed by atoms with Crippen molar-refractivity contribution in [2.75, 3.05) is 13.2 Å². The number of carbonyl (C=O) groups excluding carboxylic acids is 2. The van der Waals surface area contributed by atoms with Gasteiger partial charge in [0.1, 0.15) is 11.4 Å². The Morgan fingerprint density at radius 2 is 2.09 bits per heavy atom. The van der Waals surface area contributed by atoms with Gasteiger partial charge in [0, 0.05) is 25.3 Å². The van der Waals surface area contributed by atoms with Crippen LogP contribution in [0.1, 0.15) is 70.5 Å². The van der Waals surface area contributed by atoms with Gasteiger partial charge in [-0.3, -0.25) is 14.6 Å². The van der Waals surface area contributed by atoms with Gasteiger partial charge in [-0.05, 0) is 37.5 Å². The molecule has 4 rings (SSSR count). The summed E-state index contributed by atoms with van der Waals surface area (Å²) < 4.78 is 45.7. The normalized spacial score (nSPS) is 19.2. The molecule has 0 spiro atoms. The summed E-state index contributed by atoms with van der Waals surface area (Å²) in [7, 11) is 0. The summed E-state index contributed by atoms with van der Waals surface area (Å²) in [5, 5.41) is 2.87. The second-order valence-electron chi connectivity index (χ2n) is 8.14. The molecule has 2 atom stereocenters. The Kier molecular flexibility index (Phi) is 5.98. The molecule has 172 valence electrons. The van der Waals surface area contributed by atoms with Crippen LogP contribution in [-0.4, -0.2) is 45.5 Å². The molecule has 0 radical (unpaired) electrons. The molecule has 1 unspecified atom stereocenters. The van der Waals surface area contributed by atoms with Gasteiger partial charge >= 0.3 is 6.18 Å². The summed E-state index contributed by atoms with van der Waals surface area (Å²) in [6.07, 6.45) is -1.97. The number of hydrogen-bond donors (Lipinski definition) is 1. The van der Waals surface area contributed by atoms with E-state index in [2.05, 4.69) is 10.3 Å². The van der Waals surface area contributed by atoms with Crippen molar-refractivity contribution in [1.82, 2.24) is 19.8 Å². The van der Waals surface area contributed by atoms with E-state index in [9.17, 15) is 22.8 Å². The van der Waals surface area contributed by atoms with E-state index in [1.54, 1.807) is 11.0 Å². The number of pyridine rings is 1. The van der Waals surface area contributed by atoms with E-state index in [-0.39, 0.29) is 18.6 Å². The molecule has 2 aromatic rings. The molecule has 1 N–H and O–H groups in total. The molecule has 0 saturated carbocycles. The van der Waals surface area contributed by atoms with Crippen LogP contribution in [0.5, 0.6) is 0 Å². The Balaban J connectivity index is 1.58. The highest BCUT2D eigenvalue weighted by atomic mass is 19.4. The number of ether oxygens (including phenoxy) is 1. The molecule has 1 saturated heterocycles. The van der Waals surface area contributed by atoms with Crippen LogP contribution in [0.3, 0.4) is 0 Å². The topological polar surface area (TPSA) is 76.5 Å². The fraction of sp³-hybridized carbons (Fsp3) is 0.500. The van der Waals surface area contributed by atoms with Crippen LogP contribution in [-0.2, 0) is 24.1 Å². The number of hydrogen-bond acceptors (Lipinski definition) is 4. The number of halogens is 3. The van der Waals surface area contributed by atoms with Crippen molar-refractivity contribution in [2.45, 2.75) is 58.1 Å². The van der Waals surface area contributed by atoms with Gasteiger partial charge in [0.15, 0.2) is 0 Å². The zero-order chi connectivity index (χ0) is 23.0. The second-order valence-corrected chi connectivity index (χ2v) is 8.14. The molecule has 2 aliphatic rings. The van der Waals surface area contributed by atoms with Crippen LogP contribution in [0.2, 0.25) is 0 Å². The molecule has 0 bridgehead atoms. The quantitative estimate of drug-likeness (QED) is 0.756. The number of alkyl halides is 3. The summed E-state index contributed by atoms with van der Waals surface area (Å²) in [5.41, 5.74) is 0.933. The van der Waals surface area contributed by atoms with Crippen LogP contribution in [0, 0.1) is 0 Å². The highest BCUT2D eigenvalue weighted by molar-refractivity contribution is 6.01. The average Bonchev–Trinajstić information content (AvgIpc) is 3.15. The molecular formula is C22H25F3N4O3. The van der Waals surface area contributed by atoms with E-state index in [0.29, 0.717) is 48.6 Å². The van der Waals surface area contributed by atoms with Gasteiger partial charge in [-0.2, -0.15) is 13.2 Å². The molecule has 7 nitrogen and oxygen atoms in total. The van der Waals surface area contributed by atoms with E-state index < -0.39 is 23.8 Å². The van der Waals surface area contributed by atoms with Gasteiger partial charge in [-0.25, -0.2) is 0 Å². The first-order valence-electron chi connectivity index (χ1n) is 10.7. The first kappa shape index (κ1) is 22.3. The van der Waals surface area contributed by atoms with Gasteiger partial charge in [0.2, 0.25) is 0 Å². The van der Waals surface area contributed by atoms with Crippen molar-refractivity contribution in [1.29, 1.82) is 0 Å². The van der Waals surface area contributed by atoms with Crippen LogP contribution >= 0.6 is 0 Å². The van der Waals surface area contributed by atoms with Crippen molar-refractivity contribution >= 4 is 11.8 Å². The number of carbonyl (C=O) groups is 2. The number of amides is 2. The summed E-state index contributed by atoms with van der Waals surface area (Å²) in [4.78, 5) is 31.4. The molecule has 32 heavy (non-hydrogen) atoms. The third kappa shape index (κ3) is 4.11. The monoisotopic (exact) mass is 450 g/mol. The number of rotatable bonds is 5. The van der Waals surface area contributed by atoms with Crippen molar-refractivity contribution in [2.24, 2.45) is 0 Å². The maximum Gasteiger partial charge on any atom is 0.433 e. The Morgan fingerprint density at radius 3 is 2.66 bits per heavy atom. The predicted octanol–water partition coefficient (Wildman–Crippen LogP) is 3.55. The molecule has 10 heteroatoms. The lowest BCUT2D eigenvalue weighted by molar-refractivity contribution is -0.141. The number of nitrogens with one attached hydrogen (secondary N) is 1. The van der Waals surface area contributed by atoms with Gasteiger partial charge in [0.25, 0.3) is 11.8 Å². The van der Waals surface area contributed by atoms with Crippen molar-refractivity contribution in [3.05, 3.63) is 52.6 Å². The Labute approximate surface area is 183 Å². The maximum atomic E-state index is 13.1. The standard InChI is InChI=1S/C22H25F3N4O3/c1-3-16(14-4-5-19(26-11-14)22(23,24)25)27-20(30)15-10-17(21(31)28-7-6-13(28)2)29-8-9-32-12-18(15)29/h4-5,10-11,13,16H,3,6-9,12H2,1-2H3,(H,27,30)/t13?,16-/m1/s1. The van der Waals surface area contributed by atoms with Gasteiger partial charge in [0.05, 0.1) is 30.5 Å². The molecule has 4 heterocycles. The van der Waals surface area contributed by atoms with Crippen LogP contribution in [0.25, 0.3) is 0 Å².